The molecule has 1 aliphatic heterocycles. The fourth-order valence-corrected chi connectivity index (χ4v) is 3.41. The minimum Gasteiger partial charge on any atom is -0.410 e. The zero-order valence-corrected chi connectivity index (χ0v) is 13.8. The SMILES string of the molecule is O=C(Oc1ccccc1)N1CCc2ccccc2C1c1ccccc1. The van der Waals surface area contributed by atoms with Crippen molar-refractivity contribution in [3.05, 3.63) is 102 Å². The van der Waals surface area contributed by atoms with Gasteiger partial charge in [-0.3, -0.25) is 4.90 Å². The molecule has 3 nitrogen and oxygen atoms in total. The Balaban J connectivity index is 1.70. The van der Waals surface area contributed by atoms with Crippen LogP contribution in [-0.4, -0.2) is 17.5 Å². The molecule has 0 aliphatic carbocycles. The number of carbonyl (C=O) groups is 1. The number of para-hydroxylation sites is 1. The first kappa shape index (κ1) is 15.5. The van der Waals surface area contributed by atoms with Gasteiger partial charge in [0.1, 0.15) is 5.75 Å². The second-order valence-electron chi connectivity index (χ2n) is 6.14. The molecule has 124 valence electrons. The van der Waals surface area contributed by atoms with Crippen molar-refractivity contribution in [1.29, 1.82) is 0 Å². The maximum Gasteiger partial charge on any atom is 0.416 e. The molecule has 1 atom stereocenters. The normalized spacial score (nSPS) is 16.2. The van der Waals surface area contributed by atoms with Crippen LogP contribution in [0.2, 0.25) is 0 Å². The van der Waals surface area contributed by atoms with E-state index in [4.69, 9.17) is 4.74 Å². The Morgan fingerprint density at radius 2 is 1.48 bits per heavy atom. The molecule has 0 N–H and O–H groups in total. The molecule has 0 saturated heterocycles. The van der Waals surface area contributed by atoms with E-state index >= 15 is 0 Å². The predicted octanol–water partition coefficient (Wildman–Crippen LogP) is 4.83. The van der Waals surface area contributed by atoms with Crippen LogP contribution in [0.15, 0.2) is 84.9 Å². The second-order valence-corrected chi connectivity index (χ2v) is 6.14. The lowest BCUT2D eigenvalue weighted by molar-refractivity contribution is 0.136. The zero-order valence-electron chi connectivity index (χ0n) is 13.8. The first-order valence-corrected chi connectivity index (χ1v) is 8.49. The van der Waals surface area contributed by atoms with Crippen LogP contribution in [0.4, 0.5) is 4.79 Å². The third kappa shape index (κ3) is 3.13. The van der Waals surface area contributed by atoms with Crippen molar-refractivity contribution in [2.24, 2.45) is 0 Å². The van der Waals surface area contributed by atoms with Crippen molar-refractivity contribution >= 4 is 6.09 Å². The van der Waals surface area contributed by atoms with Gasteiger partial charge in [-0.25, -0.2) is 4.79 Å². The summed E-state index contributed by atoms with van der Waals surface area (Å²) in [6.45, 7) is 0.641. The summed E-state index contributed by atoms with van der Waals surface area (Å²) in [6, 6.07) is 27.6. The van der Waals surface area contributed by atoms with Gasteiger partial charge < -0.3 is 4.74 Å². The summed E-state index contributed by atoms with van der Waals surface area (Å²) in [5.41, 5.74) is 3.56. The van der Waals surface area contributed by atoms with Crippen LogP contribution in [0.1, 0.15) is 22.7 Å². The Bertz CT molecular complexity index is 861. The summed E-state index contributed by atoms with van der Waals surface area (Å²) < 4.78 is 5.61. The Morgan fingerprint density at radius 1 is 0.840 bits per heavy atom. The summed E-state index contributed by atoms with van der Waals surface area (Å²) >= 11 is 0. The van der Waals surface area contributed by atoms with Crippen molar-refractivity contribution in [2.75, 3.05) is 6.54 Å². The van der Waals surface area contributed by atoms with Crippen LogP contribution in [0, 0.1) is 0 Å². The maximum atomic E-state index is 12.9. The lowest BCUT2D eigenvalue weighted by atomic mass is 9.88. The number of hydrogen-bond acceptors (Lipinski definition) is 2. The molecule has 4 rings (SSSR count). The first-order chi connectivity index (χ1) is 12.3. The van der Waals surface area contributed by atoms with Crippen LogP contribution in [0.3, 0.4) is 0 Å². The van der Waals surface area contributed by atoms with E-state index in [1.165, 1.54) is 11.1 Å². The third-order valence-electron chi connectivity index (χ3n) is 4.58. The Hall–Kier alpha value is -3.07. The number of nitrogens with zero attached hydrogens (tertiary/aromatic N) is 1. The van der Waals surface area contributed by atoms with Crippen LogP contribution in [0.5, 0.6) is 5.75 Å². The van der Waals surface area contributed by atoms with Crippen LogP contribution >= 0.6 is 0 Å². The van der Waals surface area contributed by atoms with Crippen molar-refractivity contribution in [3.63, 3.8) is 0 Å². The molecule has 1 aliphatic rings. The van der Waals surface area contributed by atoms with Gasteiger partial charge in [-0.15, -0.1) is 0 Å². The quantitative estimate of drug-likeness (QED) is 0.674. The van der Waals surface area contributed by atoms with Gasteiger partial charge in [0.2, 0.25) is 0 Å². The molecular weight excluding hydrogens is 310 g/mol. The molecule has 0 fully saturated rings. The molecule has 0 bridgehead atoms. The van der Waals surface area contributed by atoms with Gasteiger partial charge >= 0.3 is 6.09 Å². The summed E-state index contributed by atoms with van der Waals surface area (Å²) in [5, 5.41) is 0. The Kier molecular flexibility index (Phi) is 4.21. The number of carbonyl (C=O) groups excluding carboxylic acids is 1. The van der Waals surface area contributed by atoms with Crippen molar-refractivity contribution in [1.82, 2.24) is 4.90 Å². The highest BCUT2D eigenvalue weighted by Gasteiger charge is 2.32. The summed E-state index contributed by atoms with van der Waals surface area (Å²) in [7, 11) is 0. The molecule has 25 heavy (non-hydrogen) atoms. The monoisotopic (exact) mass is 329 g/mol. The fraction of sp³-hybridized carbons (Fsp3) is 0.136. The highest BCUT2D eigenvalue weighted by atomic mass is 16.6. The summed E-state index contributed by atoms with van der Waals surface area (Å²) in [5.74, 6) is 0.568. The number of rotatable bonds is 2. The van der Waals surface area contributed by atoms with Gasteiger partial charge in [-0.05, 0) is 35.2 Å². The van der Waals surface area contributed by atoms with E-state index in [0.717, 1.165) is 12.0 Å². The van der Waals surface area contributed by atoms with Crippen LogP contribution < -0.4 is 4.74 Å². The Morgan fingerprint density at radius 3 is 2.24 bits per heavy atom. The lowest BCUT2D eigenvalue weighted by Gasteiger charge is -2.36. The molecule has 1 amide bonds. The molecule has 3 heteroatoms. The molecule has 0 aromatic heterocycles. The van der Waals surface area contributed by atoms with Gasteiger partial charge in [-0.2, -0.15) is 0 Å². The van der Waals surface area contributed by atoms with E-state index in [0.29, 0.717) is 12.3 Å². The van der Waals surface area contributed by atoms with Crippen LogP contribution in [-0.2, 0) is 6.42 Å². The minimum absolute atomic E-state index is 0.123. The lowest BCUT2D eigenvalue weighted by Crippen LogP contribution is -2.42. The fourth-order valence-electron chi connectivity index (χ4n) is 3.41. The second kappa shape index (κ2) is 6.81. The van der Waals surface area contributed by atoms with Crippen molar-refractivity contribution < 1.29 is 9.53 Å². The molecule has 1 heterocycles. The van der Waals surface area contributed by atoms with Gasteiger partial charge in [0, 0.05) is 6.54 Å². The molecule has 0 radical (unpaired) electrons. The average Bonchev–Trinajstić information content (AvgIpc) is 2.68. The smallest absolute Gasteiger partial charge is 0.410 e. The van der Waals surface area contributed by atoms with E-state index in [9.17, 15) is 4.79 Å². The maximum absolute atomic E-state index is 12.9. The molecule has 0 spiro atoms. The summed E-state index contributed by atoms with van der Waals surface area (Å²) in [4.78, 5) is 14.7. The topological polar surface area (TPSA) is 29.5 Å². The predicted molar refractivity (Wildman–Crippen MR) is 97.6 cm³/mol. The summed E-state index contributed by atoms with van der Waals surface area (Å²) in [6.07, 6.45) is 0.526. The number of benzene rings is 3. The van der Waals surface area contributed by atoms with E-state index in [1.807, 2.05) is 47.4 Å². The number of amides is 1. The highest BCUT2D eigenvalue weighted by molar-refractivity contribution is 5.72. The van der Waals surface area contributed by atoms with Crippen molar-refractivity contribution in [3.8, 4) is 5.75 Å². The van der Waals surface area contributed by atoms with Gasteiger partial charge in [0.25, 0.3) is 0 Å². The molecule has 1 unspecified atom stereocenters. The van der Waals surface area contributed by atoms with Crippen molar-refractivity contribution in [2.45, 2.75) is 12.5 Å². The van der Waals surface area contributed by atoms with E-state index in [-0.39, 0.29) is 12.1 Å². The number of hydrogen-bond donors (Lipinski definition) is 0. The van der Waals surface area contributed by atoms with E-state index in [2.05, 4.69) is 30.3 Å². The van der Waals surface area contributed by atoms with Crippen LogP contribution in [0.25, 0.3) is 0 Å². The standard InChI is InChI=1S/C22H19NO2/c24-22(25-19-12-5-2-6-13-19)23-16-15-17-9-7-8-14-20(17)21(23)18-10-3-1-4-11-18/h1-14,21H,15-16H2. The van der Waals surface area contributed by atoms with Gasteiger partial charge in [0.05, 0.1) is 6.04 Å². The largest absolute Gasteiger partial charge is 0.416 e. The van der Waals surface area contributed by atoms with Gasteiger partial charge in [-0.1, -0.05) is 72.8 Å². The average molecular weight is 329 g/mol. The number of ether oxygens (including phenoxy) is 1. The first-order valence-electron chi connectivity index (χ1n) is 8.49. The molecule has 0 saturated carbocycles. The highest BCUT2D eigenvalue weighted by Crippen LogP contribution is 2.35. The molecular formula is C22H19NO2. The van der Waals surface area contributed by atoms with Gasteiger partial charge in [0.15, 0.2) is 0 Å². The zero-order chi connectivity index (χ0) is 17.1. The molecule has 3 aromatic carbocycles. The third-order valence-corrected chi connectivity index (χ3v) is 4.58. The number of fused-ring (bicyclic) bond motifs is 1. The van der Waals surface area contributed by atoms with E-state index < -0.39 is 0 Å². The molecule has 3 aromatic rings. The Labute approximate surface area is 147 Å². The minimum atomic E-state index is -0.311. The van der Waals surface area contributed by atoms with E-state index in [1.54, 1.807) is 12.1 Å².